The lowest BCUT2D eigenvalue weighted by Crippen LogP contribution is -2.63. The van der Waals surface area contributed by atoms with Crippen LogP contribution in [0, 0.1) is 10.1 Å². The van der Waals surface area contributed by atoms with Gasteiger partial charge in [0.05, 0.1) is 27.3 Å². The van der Waals surface area contributed by atoms with Gasteiger partial charge < -0.3 is 33.7 Å². The highest BCUT2D eigenvalue weighted by molar-refractivity contribution is 5.93. The lowest BCUT2D eigenvalue weighted by molar-refractivity contribution is -0.383. The molecular formula is C40H38N4O13. The van der Waals surface area contributed by atoms with Crippen LogP contribution in [0.4, 0.5) is 11.4 Å². The van der Waals surface area contributed by atoms with Gasteiger partial charge in [-0.1, -0.05) is 61.0 Å². The molecule has 1 N–H and O–H groups in total. The maximum Gasteiger partial charge on any atom is 0.338 e. The zero-order valence-corrected chi connectivity index (χ0v) is 30.6. The van der Waals surface area contributed by atoms with E-state index < -0.39 is 66.1 Å². The van der Waals surface area contributed by atoms with Crippen molar-refractivity contribution < 1.29 is 57.2 Å². The van der Waals surface area contributed by atoms with Crippen molar-refractivity contribution in [3.63, 3.8) is 0 Å². The minimum atomic E-state index is -1.49. The molecule has 296 valence electrons. The molecular weight excluding hydrogens is 744 g/mol. The van der Waals surface area contributed by atoms with Gasteiger partial charge in [0, 0.05) is 26.1 Å². The standard InChI is InChI=1S/C40H38N4O13/c1-51-40-36(56-39(48)27-18-10-4-11-19-27)35(55-38(47)26-16-8-3-9-17-26)34(54-37(46)25-14-6-2-7-15-25)30(53-40)24-52-31(45)20-12-5-13-23-41-28-21-22-29(44(49)50)33-32(28)42-57-43-33/h2-4,6-11,14-19,21-22,30,34-36,40-41H,5,12-13,20,23-24H2,1H3/t30-,34-,35+,36+,40+/m1/s1. The summed E-state index contributed by atoms with van der Waals surface area (Å²) >= 11 is 0. The van der Waals surface area contributed by atoms with E-state index in [0.717, 1.165) is 0 Å². The fraction of sp³-hybridized carbons (Fsp3) is 0.300. The Morgan fingerprint density at radius 2 is 1.25 bits per heavy atom. The van der Waals surface area contributed by atoms with Crippen LogP contribution in [0.25, 0.3) is 11.0 Å². The predicted molar refractivity (Wildman–Crippen MR) is 199 cm³/mol. The molecule has 1 aliphatic heterocycles. The number of esters is 4. The van der Waals surface area contributed by atoms with Crippen molar-refractivity contribution in [2.75, 3.05) is 25.6 Å². The number of nitrogens with one attached hydrogen (secondary N) is 1. The van der Waals surface area contributed by atoms with E-state index in [-0.39, 0.29) is 39.8 Å². The second kappa shape index (κ2) is 19.2. The molecule has 17 heteroatoms. The van der Waals surface area contributed by atoms with Crippen molar-refractivity contribution in [1.82, 2.24) is 10.3 Å². The van der Waals surface area contributed by atoms with Gasteiger partial charge in [0.1, 0.15) is 12.7 Å². The Bertz CT molecular complexity index is 2150. The highest BCUT2D eigenvalue weighted by atomic mass is 16.7. The van der Waals surface area contributed by atoms with Crippen molar-refractivity contribution >= 4 is 46.3 Å². The number of fused-ring (bicyclic) bond motifs is 1. The van der Waals surface area contributed by atoms with E-state index in [2.05, 4.69) is 15.6 Å². The lowest BCUT2D eigenvalue weighted by Gasteiger charge is -2.44. The smallest absolute Gasteiger partial charge is 0.338 e. The largest absolute Gasteiger partial charge is 0.463 e. The minimum Gasteiger partial charge on any atom is -0.463 e. The van der Waals surface area contributed by atoms with Gasteiger partial charge in [0.25, 0.3) is 0 Å². The van der Waals surface area contributed by atoms with E-state index >= 15 is 0 Å². The van der Waals surface area contributed by atoms with E-state index in [1.807, 2.05) is 0 Å². The molecule has 1 aliphatic rings. The average molecular weight is 783 g/mol. The van der Waals surface area contributed by atoms with Gasteiger partial charge in [0.2, 0.25) is 5.52 Å². The first-order chi connectivity index (χ1) is 27.7. The molecule has 0 radical (unpaired) electrons. The van der Waals surface area contributed by atoms with E-state index in [4.69, 9.17) is 33.1 Å². The monoisotopic (exact) mass is 782 g/mol. The van der Waals surface area contributed by atoms with Gasteiger partial charge in [-0.05, 0) is 65.6 Å². The molecule has 0 unspecified atom stereocenters. The molecule has 0 spiro atoms. The van der Waals surface area contributed by atoms with E-state index in [1.165, 1.54) is 55.6 Å². The summed E-state index contributed by atoms with van der Waals surface area (Å²) in [6.45, 7) is 0.0320. The molecule has 2 heterocycles. The number of rotatable bonds is 17. The molecule has 0 saturated carbocycles. The normalized spacial score (nSPS) is 18.9. The van der Waals surface area contributed by atoms with E-state index in [9.17, 15) is 29.3 Å². The second-order valence-electron chi connectivity index (χ2n) is 12.8. The van der Waals surface area contributed by atoms with Crippen LogP contribution in [0.3, 0.4) is 0 Å². The molecule has 1 fully saturated rings. The first kappa shape index (κ1) is 40.0. The number of hydrogen-bond acceptors (Lipinski definition) is 16. The molecule has 1 aromatic heterocycles. The summed E-state index contributed by atoms with van der Waals surface area (Å²) in [7, 11) is 1.30. The predicted octanol–water partition coefficient (Wildman–Crippen LogP) is 5.69. The van der Waals surface area contributed by atoms with Gasteiger partial charge in [-0.3, -0.25) is 14.9 Å². The maximum atomic E-state index is 13.5. The van der Waals surface area contributed by atoms with Gasteiger partial charge in [-0.15, -0.1) is 0 Å². The van der Waals surface area contributed by atoms with Crippen molar-refractivity contribution in [2.45, 2.75) is 56.4 Å². The number of methoxy groups -OCH3 is 1. The minimum absolute atomic E-state index is 0.0352. The number of nitro benzene ring substituents is 1. The topological polar surface area (TPSA) is 218 Å². The molecule has 0 aliphatic carbocycles. The third-order valence-corrected chi connectivity index (χ3v) is 8.95. The highest BCUT2D eigenvalue weighted by Crippen LogP contribution is 2.32. The quantitative estimate of drug-likeness (QED) is 0.0393. The fourth-order valence-corrected chi connectivity index (χ4v) is 6.09. The van der Waals surface area contributed by atoms with E-state index in [1.54, 1.807) is 54.6 Å². The van der Waals surface area contributed by atoms with Crippen LogP contribution in [-0.4, -0.2) is 90.1 Å². The Balaban J connectivity index is 1.13. The Hall–Kier alpha value is -6.72. The third kappa shape index (κ3) is 10.1. The van der Waals surface area contributed by atoms with Gasteiger partial charge in [0.15, 0.2) is 30.1 Å². The Labute approximate surface area is 325 Å². The van der Waals surface area contributed by atoms with Crippen LogP contribution in [0.2, 0.25) is 0 Å². The Morgan fingerprint density at radius 1 is 0.702 bits per heavy atom. The zero-order chi connectivity index (χ0) is 40.1. The molecule has 0 amide bonds. The summed E-state index contributed by atoms with van der Waals surface area (Å²) in [5.41, 5.74) is 1.12. The van der Waals surface area contributed by atoms with Gasteiger partial charge in [-0.25, -0.2) is 19.0 Å². The van der Waals surface area contributed by atoms with Gasteiger partial charge in [-0.2, -0.15) is 0 Å². The van der Waals surface area contributed by atoms with Crippen LogP contribution in [0.15, 0.2) is 108 Å². The van der Waals surface area contributed by atoms with Crippen molar-refractivity contribution in [1.29, 1.82) is 0 Å². The number of carbonyl (C=O) groups excluding carboxylic acids is 4. The molecule has 4 aromatic carbocycles. The number of nitrogens with zero attached hydrogens (tertiary/aromatic N) is 3. The molecule has 17 nitrogen and oxygen atoms in total. The van der Waals surface area contributed by atoms with Crippen LogP contribution in [0.5, 0.6) is 0 Å². The van der Waals surface area contributed by atoms with Crippen molar-refractivity contribution in [2.24, 2.45) is 0 Å². The van der Waals surface area contributed by atoms with Crippen LogP contribution < -0.4 is 5.32 Å². The maximum absolute atomic E-state index is 13.5. The second-order valence-corrected chi connectivity index (χ2v) is 12.8. The summed E-state index contributed by atoms with van der Waals surface area (Å²) in [6, 6.07) is 27.1. The number of nitro groups is 1. The Kier molecular flexibility index (Phi) is 13.5. The van der Waals surface area contributed by atoms with Crippen LogP contribution >= 0.6 is 0 Å². The molecule has 1 saturated heterocycles. The number of benzene rings is 4. The summed E-state index contributed by atoms with van der Waals surface area (Å²) in [5, 5.41) is 21.8. The molecule has 57 heavy (non-hydrogen) atoms. The SMILES string of the molecule is CO[C@H]1O[C@H](COC(=O)CCCCCNc2ccc([N+](=O)[O-])c3nonc23)[C@@H](OC(=O)c2ccccc2)[C@H](OC(=O)c2ccccc2)[C@@H]1OC(=O)c1ccccc1. The van der Waals surface area contributed by atoms with Crippen LogP contribution in [-0.2, 0) is 33.2 Å². The van der Waals surface area contributed by atoms with Gasteiger partial charge >= 0.3 is 29.6 Å². The van der Waals surface area contributed by atoms with Crippen molar-refractivity contribution in [3.8, 4) is 0 Å². The molecule has 0 bridgehead atoms. The number of ether oxygens (including phenoxy) is 6. The number of unbranched alkanes of at least 4 members (excludes halogenated alkanes) is 2. The average Bonchev–Trinajstić information content (AvgIpc) is 3.74. The van der Waals surface area contributed by atoms with Crippen LogP contribution in [0.1, 0.15) is 56.8 Å². The first-order valence-corrected chi connectivity index (χ1v) is 18.0. The number of anilines is 1. The molecule has 5 aromatic rings. The Morgan fingerprint density at radius 3 is 1.81 bits per heavy atom. The first-order valence-electron chi connectivity index (χ1n) is 18.0. The fourth-order valence-electron chi connectivity index (χ4n) is 6.09. The van der Waals surface area contributed by atoms with E-state index in [0.29, 0.717) is 31.5 Å². The third-order valence-electron chi connectivity index (χ3n) is 8.95. The molecule has 5 atom stereocenters. The number of non-ortho nitro benzene ring substituents is 1. The number of aromatic nitrogens is 2. The van der Waals surface area contributed by atoms with Crippen molar-refractivity contribution in [3.05, 3.63) is 130 Å². The number of carbonyl (C=O) groups is 4. The summed E-state index contributed by atoms with van der Waals surface area (Å²) < 4.78 is 39.8. The summed E-state index contributed by atoms with van der Waals surface area (Å²) in [4.78, 5) is 64.1. The zero-order valence-electron chi connectivity index (χ0n) is 30.6. The summed E-state index contributed by atoms with van der Waals surface area (Å²) in [5.74, 6) is -2.96. The molecule has 6 rings (SSSR count). The highest BCUT2D eigenvalue weighted by Gasteiger charge is 2.53. The summed E-state index contributed by atoms with van der Waals surface area (Å²) in [6.07, 6.45) is -5.22. The lowest BCUT2D eigenvalue weighted by atomic mass is 9.97. The number of hydrogen-bond donors (Lipinski definition) is 1.